The van der Waals surface area contributed by atoms with E-state index in [0.29, 0.717) is 6.04 Å². The van der Waals surface area contributed by atoms with E-state index in [9.17, 15) is 4.79 Å². The molecule has 2 aromatic rings. The number of benzene rings is 2. The Morgan fingerprint density at radius 3 is 2.64 bits per heavy atom. The minimum Gasteiger partial charge on any atom is -0.356 e. The minimum absolute atomic E-state index is 0.0665. The van der Waals surface area contributed by atoms with Crippen LogP contribution in [0.2, 0.25) is 0 Å². The van der Waals surface area contributed by atoms with Crippen LogP contribution in [0.25, 0.3) is 11.1 Å². The lowest BCUT2D eigenvalue weighted by Gasteiger charge is -2.36. The predicted molar refractivity (Wildman–Crippen MR) is 103 cm³/mol. The molecule has 1 N–H and O–H groups in total. The van der Waals surface area contributed by atoms with E-state index in [1.54, 1.807) is 6.92 Å². The van der Waals surface area contributed by atoms with Crippen molar-refractivity contribution in [3.05, 3.63) is 60.2 Å². The Morgan fingerprint density at radius 2 is 1.84 bits per heavy atom. The molecule has 1 amide bonds. The van der Waals surface area contributed by atoms with Gasteiger partial charge in [-0.15, -0.1) is 0 Å². The molecule has 132 valence electrons. The smallest absolute Gasteiger partial charge is 0.216 e. The van der Waals surface area contributed by atoms with Gasteiger partial charge in [-0.1, -0.05) is 61.0 Å². The Labute approximate surface area is 151 Å². The first kappa shape index (κ1) is 17.7. The quantitative estimate of drug-likeness (QED) is 0.856. The molecule has 1 saturated heterocycles. The van der Waals surface area contributed by atoms with Crippen molar-refractivity contribution in [1.29, 1.82) is 0 Å². The van der Waals surface area contributed by atoms with Crippen molar-refractivity contribution in [2.75, 3.05) is 13.1 Å². The summed E-state index contributed by atoms with van der Waals surface area (Å²) in [6.07, 6.45) is 4.83. The first-order valence-corrected chi connectivity index (χ1v) is 9.36. The summed E-state index contributed by atoms with van der Waals surface area (Å²) in [7, 11) is 0. The average molecular weight is 336 g/mol. The number of likely N-dealkylation sites (tertiary alicyclic amines) is 1. The van der Waals surface area contributed by atoms with Gasteiger partial charge in [0.1, 0.15) is 0 Å². The fourth-order valence-electron chi connectivity index (χ4n) is 3.79. The molecule has 2 aromatic carbocycles. The van der Waals surface area contributed by atoms with Crippen molar-refractivity contribution < 1.29 is 4.79 Å². The second-order valence-electron chi connectivity index (χ2n) is 6.91. The molecule has 25 heavy (non-hydrogen) atoms. The van der Waals surface area contributed by atoms with Crippen LogP contribution in [0, 0.1) is 0 Å². The Hall–Kier alpha value is -2.13. The van der Waals surface area contributed by atoms with Gasteiger partial charge in [0.2, 0.25) is 5.91 Å². The van der Waals surface area contributed by atoms with Crippen molar-refractivity contribution in [1.82, 2.24) is 10.2 Å². The summed E-state index contributed by atoms with van der Waals surface area (Å²) in [6, 6.07) is 19.9. The van der Waals surface area contributed by atoms with E-state index in [4.69, 9.17) is 0 Å². The highest BCUT2D eigenvalue weighted by Gasteiger charge is 2.23. The van der Waals surface area contributed by atoms with Crippen LogP contribution >= 0.6 is 0 Å². The number of nitrogens with zero attached hydrogens (tertiary/aromatic N) is 1. The Bertz CT molecular complexity index is 683. The number of nitrogens with one attached hydrogen (secondary N) is 1. The van der Waals surface area contributed by atoms with Gasteiger partial charge in [0.15, 0.2) is 0 Å². The molecule has 0 spiro atoms. The summed E-state index contributed by atoms with van der Waals surface area (Å²) < 4.78 is 0. The van der Waals surface area contributed by atoms with Crippen molar-refractivity contribution in [2.24, 2.45) is 0 Å². The normalized spacial score (nSPS) is 18.0. The van der Waals surface area contributed by atoms with E-state index in [0.717, 1.165) is 26.1 Å². The van der Waals surface area contributed by atoms with E-state index < -0.39 is 0 Å². The molecule has 3 heteroatoms. The van der Waals surface area contributed by atoms with Crippen molar-refractivity contribution in [3.63, 3.8) is 0 Å². The van der Waals surface area contributed by atoms with Gasteiger partial charge in [0, 0.05) is 26.1 Å². The summed E-state index contributed by atoms with van der Waals surface area (Å²) in [6.45, 7) is 4.50. The zero-order valence-electron chi connectivity index (χ0n) is 15.1. The van der Waals surface area contributed by atoms with Crippen molar-refractivity contribution in [3.8, 4) is 11.1 Å². The highest BCUT2D eigenvalue weighted by atomic mass is 16.1. The van der Waals surface area contributed by atoms with E-state index >= 15 is 0 Å². The van der Waals surface area contributed by atoms with Gasteiger partial charge < -0.3 is 5.32 Å². The number of piperidine rings is 1. The number of carbonyl (C=O) groups is 1. The summed E-state index contributed by atoms with van der Waals surface area (Å²) >= 11 is 0. The summed E-state index contributed by atoms with van der Waals surface area (Å²) in [5, 5.41) is 2.95. The Morgan fingerprint density at radius 1 is 1.08 bits per heavy atom. The number of hydrogen-bond donors (Lipinski definition) is 1. The van der Waals surface area contributed by atoms with E-state index in [-0.39, 0.29) is 5.91 Å². The zero-order valence-corrected chi connectivity index (χ0v) is 15.1. The third-order valence-corrected chi connectivity index (χ3v) is 5.08. The highest BCUT2D eigenvalue weighted by molar-refractivity contribution is 5.72. The topological polar surface area (TPSA) is 32.3 Å². The molecule has 0 bridgehead atoms. The largest absolute Gasteiger partial charge is 0.356 e. The first-order chi connectivity index (χ1) is 12.2. The van der Waals surface area contributed by atoms with Crippen molar-refractivity contribution in [2.45, 2.75) is 45.2 Å². The lowest BCUT2D eigenvalue weighted by atomic mass is 9.95. The van der Waals surface area contributed by atoms with E-state index in [2.05, 4.69) is 64.8 Å². The number of carbonyl (C=O) groups excluding carboxylic acids is 1. The van der Waals surface area contributed by atoms with Gasteiger partial charge >= 0.3 is 0 Å². The van der Waals surface area contributed by atoms with Crippen LogP contribution in [0.3, 0.4) is 0 Å². The molecule has 0 aromatic heterocycles. The Kier molecular flexibility index (Phi) is 6.24. The molecule has 0 saturated carbocycles. The SMILES string of the molecule is CC(=O)NCC[C@H]1CCCCN1Cc1ccccc1-c1ccccc1. The summed E-state index contributed by atoms with van der Waals surface area (Å²) in [4.78, 5) is 13.7. The standard InChI is InChI=1S/C22H28N2O/c1-18(25)23-15-14-21-12-7-8-16-24(21)17-20-11-5-6-13-22(20)19-9-3-2-4-10-19/h2-6,9-11,13,21H,7-8,12,14-17H2,1H3,(H,23,25)/t21-/m1/s1. The van der Waals surface area contributed by atoms with Crippen LogP contribution in [0.15, 0.2) is 54.6 Å². The molecule has 3 nitrogen and oxygen atoms in total. The van der Waals surface area contributed by atoms with Gasteiger partial charge in [0.25, 0.3) is 0 Å². The average Bonchev–Trinajstić information content (AvgIpc) is 2.64. The van der Waals surface area contributed by atoms with Crippen LogP contribution in [0.4, 0.5) is 0 Å². The zero-order chi connectivity index (χ0) is 17.5. The third kappa shape index (κ3) is 4.93. The fourth-order valence-corrected chi connectivity index (χ4v) is 3.79. The molecule has 1 aliphatic heterocycles. The minimum atomic E-state index is 0.0665. The molecule has 0 radical (unpaired) electrons. The maximum absolute atomic E-state index is 11.1. The van der Waals surface area contributed by atoms with Gasteiger partial charge in [-0.3, -0.25) is 9.69 Å². The molecule has 1 heterocycles. The maximum Gasteiger partial charge on any atom is 0.216 e. The molecule has 0 unspecified atom stereocenters. The van der Waals surface area contributed by atoms with Crippen LogP contribution in [-0.2, 0) is 11.3 Å². The summed E-state index contributed by atoms with van der Waals surface area (Å²) in [5.41, 5.74) is 4.00. The Balaban J connectivity index is 1.73. The van der Waals surface area contributed by atoms with Crippen LogP contribution < -0.4 is 5.32 Å². The van der Waals surface area contributed by atoms with Crippen molar-refractivity contribution >= 4 is 5.91 Å². The van der Waals surface area contributed by atoms with Gasteiger partial charge in [-0.05, 0) is 42.5 Å². The monoisotopic (exact) mass is 336 g/mol. The van der Waals surface area contributed by atoms with Crippen LogP contribution in [-0.4, -0.2) is 29.9 Å². The van der Waals surface area contributed by atoms with Crippen LogP contribution in [0.1, 0.15) is 38.2 Å². The van der Waals surface area contributed by atoms with Gasteiger partial charge in [-0.25, -0.2) is 0 Å². The lowest BCUT2D eigenvalue weighted by Crippen LogP contribution is -2.41. The molecule has 3 rings (SSSR count). The lowest BCUT2D eigenvalue weighted by molar-refractivity contribution is -0.119. The molecular formula is C22H28N2O. The first-order valence-electron chi connectivity index (χ1n) is 9.36. The number of rotatable bonds is 6. The van der Waals surface area contributed by atoms with Gasteiger partial charge in [-0.2, -0.15) is 0 Å². The van der Waals surface area contributed by atoms with E-state index in [1.165, 1.54) is 36.0 Å². The molecule has 0 aliphatic carbocycles. The highest BCUT2D eigenvalue weighted by Crippen LogP contribution is 2.27. The second kappa shape index (κ2) is 8.82. The number of amides is 1. The fraction of sp³-hybridized carbons (Fsp3) is 0.409. The van der Waals surface area contributed by atoms with E-state index in [1.807, 2.05) is 0 Å². The third-order valence-electron chi connectivity index (χ3n) is 5.08. The molecular weight excluding hydrogens is 308 g/mol. The molecule has 1 atom stereocenters. The number of hydrogen-bond acceptors (Lipinski definition) is 2. The molecule has 1 aliphatic rings. The maximum atomic E-state index is 11.1. The molecule has 1 fully saturated rings. The van der Waals surface area contributed by atoms with Crippen LogP contribution in [0.5, 0.6) is 0 Å². The second-order valence-corrected chi connectivity index (χ2v) is 6.91. The summed E-state index contributed by atoms with van der Waals surface area (Å²) in [5.74, 6) is 0.0665. The van der Waals surface area contributed by atoms with Gasteiger partial charge in [0.05, 0.1) is 0 Å². The predicted octanol–water partition coefficient (Wildman–Crippen LogP) is 4.23.